The molecule has 0 radical (unpaired) electrons. The Morgan fingerprint density at radius 1 is 0.531 bits per heavy atom. The average Bonchev–Trinajstić information content (AvgIpc) is 3.25. The van der Waals surface area contributed by atoms with Crippen molar-refractivity contribution in [3.8, 4) is 0 Å². The number of rotatable bonds is 41. The van der Waals surface area contributed by atoms with Crippen LogP contribution in [0.2, 0.25) is 0 Å². The van der Waals surface area contributed by atoms with E-state index in [4.69, 9.17) is 23.8 Å². The van der Waals surface area contributed by atoms with E-state index in [9.17, 15) is 33.8 Å². The Bertz CT molecular complexity index is 1560. The molecule has 5 N–H and O–H groups in total. The summed E-state index contributed by atoms with van der Waals surface area (Å²) in [7, 11) is -9.78. The Morgan fingerprint density at radius 2 is 1.05 bits per heavy atom. The van der Waals surface area contributed by atoms with Crippen molar-refractivity contribution < 1.29 is 66.7 Å². The largest absolute Gasteiger partial charge is 0.472 e. The fourth-order valence-electron chi connectivity index (χ4n) is 5.32. The van der Waals surface area contributed by atoms with Crippen LogP contribution in [0, 0.1) is 0 Å². The first-order chi connectivity index (χ1) is 30.8. The van der Waals surface area contributed by atoms with Gasteiger partial charge in [-0.25, -0.2) is 9.13 Å². The summed E-state index contributed by atoms with van der Waals surface area (Å²) in [5.41, 5.74) is 0. The number of hydrogen-bond acceptors (Lipinski definition) is 11. The van der Waals surface area contributed by atoms with Crippen molar-refractivity contribution in [3.63, 3.8) is 0 Å². The molecule has 0 aliphatic carbocycles. The highest BCUT2D eigenvalue weighted by Crippen LogP contribution is 2.43. The number of ether oxygens (including phenoxy) is 2. The van der Waals surface area contributed by atoms with Gasteiger partial charge in [0.25, 0.3) is 0 Å². The predicted molar refractivity (Wildman–Crippen MR) is 254 cm³/mol. The van der Waals surface area contributed by atoms with Crippen LogP contribution in [0.3, 0.4) is 0 Å². The second-order valence-electron chi connectivity index (χ2n) is 14.8. The van der Waals surface area contributed by atoms with Gasteiger partial charge in [0.05, 0.1) is 25.9 Å². The molecule has 0 aliphatic heterocycles. The molecule has 364 valence electrons. The fourth-order valence-corrected chi connectivity index (χ4v) is 6.48. The van der Waals surface area contributed by atoms with Crippen molar-refractivity contribution in [2.75, 3.05) is 26.4 Å². The Labute approximate surface area is 383 Å². The van der Waals surface area contributed by atoms with Gasteiger partial charge in [0.15, 0.2) is 6.10 Å². The second kappa shape index (κ2) is 42.4. The average molecular weight is 941 g/mol. The third kappa shape index (κ3) is 45.3. The van der Waals surface area contributed by atoms with Gasteiger partial charge in [-0.05, 0) is 77.0 Å². The predicted octanol–water partition coefficient (Wildman–Crippen LogP) is 10.9. The maximum Gasteiger partial charge on any atom is 0.472 e. The maximum absolute atomic E-state index is 12.7. The van der Waals surface area contributed by atoms with Gasteiger partial charge in [-0.3, -0.25) is 23.2 Å². The molecule has 16 heteroatoms. The number of phosphoric acid groups is 2. The zero-order valence-corrected chi connectivity index (χ0v) is 40.0. The number of allylic oxidation sites excluding steroid dienone is 17. The van der Waals surface area contributed by atoms with Crippen molar-refractivity contribution in [2.24, 2.45) is 0 Å². The number of carbonyl (C=O) groups is 2. The van der Waals surface area contributed by atoms with Crippen LogP contribution >= 0.6 is 15.6 Å². The molecule has 4 atom stereocenters. The van der Waals surface area contributed by atoms with E-state index in [0.717, 1.165) is 44.9 Å². The van der Waals surface area contributed by atoms with E-state index >= 15 is 0 Å². The molecule has 14 nitrogen and oxygen atoms in total. The SMILES string of the molecule is CC/C=C\C/C=C\C/C=C\C/C=C\C/C=C\C/C=C\CCC(=O)O[C@H](COC(=O)CCCC(O)/C=C/C=C/C/C=C/CCCCCCCC)COP(=O)(O)OC[C@@H](O)COP(=O)(O)O. The van der Waals surface area contributed by atoms with Gasteiger partial charge in [0.1, 0.15) is 12.7 Å². The Balaban J connectivity index is 4.81. The van der Waals surface area contributed by atoms with Crippen LogP contribution in [-0.4, -0.2) is 81.6 Å². The van der Waals surface area contributed by atoms with E-state index in [-0.39, 0.29) is 12.8 Å². The maximum atomic E-state index is 12.7. The summed E-state index contributed by atoms with van der Waals surface area (Å²) < 4.78 is 47.6. The molecule has 64 heavy (non-hydrogen) atoms. The summed E-state index contributed by atoms with van der Waals surface area (Å²) in [6.45, 7) is 1.32. The summed E-state index contributed by atoms with van der Waals surface area (Å²) in [5.74, 6) is -1.34. The van der Waals surface area contributed by atoms with Crippen LogP contribution in [0.5, 0.6) is 0 Å². The monoisotopic (exact) mass is 940 g/mol. The zero-order valence-electron chi connectivity index (χ0n) is 38.2. The Kier molecular flexibility index (Phi) is 40.2. The molecule has 0 spiro atoms. The molecule has 2 unspecified atom stereocenters. The molecular weight excluding hydrogens is 862 g/mol. The molecule has 0 saturated carbocycles. The number of aliphatic hydroxyl groups excluding tert-OH is 2. The Hall–Kier alpha value is -3.26. The fraction of sp³-hybridized carbons (Fsp3) is 0.583. The standard InChI is InChI=1S/C48H78O14P2/c1-3-5-7-9-11-13-15-17-18-19-20-21-22-24-26-28-30-32-34-38-48(52)62-46(43-61-64(56,57)60-41-45(50)40-59-63(53,54)55)42-58-47(51)39-35-37-44(49)36-33-31-29-27-25-23-16-14-12-10-8-6-4-2/h5,7,11,13,17-18,20-21,23-26,29-33,36,44-46,49-50H,3-4,6,8-10,12,14-16,19,22,27-28,34-35,37-43H2,1-2H3,(H,56,57)(H2,53,54,55)/b7-5-,13-11-,18-17-,21-20-,25-23+,26-24-,31-29+,32-30-,36-33+/t44?,45-,46+/m0/s1. The number of esters is 2. The normalized spacial score (nSPS) is 15.4. The number of phosphoric ester groups is 2. The van der Waals surface area contributed by atoms with E-state index in [1.807, 2.05) is 36.5 Å². The van der Waals surface area contributed by atoms with Crippen LogP contribution in [0.15, 0.2) is 109 Å². The minimum absolute atomic E-state index is 0.0395. The van der Waals surface area contributed by atoms with Gasteiger partial charge in [0.2, 0.25) is 0 Å². The molecular formula is C48H78O14P2. The molecule has 0 aliphatic rings. The number of carbonyl (C=O) groups excluding carboxylic acids is 2. The van der Waals surface area contributed by atoms with E-state index in [1.165, 1.54) is 38.5 Å². The number of hydrogen-bond donors (Lipinski definition) is 5. The smallest absolute Gasteiger partial charge is 0.462 e. The second-order valence-corrected chi connectivity index (χ2v) is 17.5. The van der Waals surface area contributed by atoms with E-state index < -0.39 is 72.3 Å². The summed E-state index contributed by atoms with van der Waals surface area (Å²) in [4.78, 5) is 52.7. The van der Waals surface area contributed by atoms with E-state index in [1.54, 1.807) is 12.2 Å². The molecule has 0 aromatic heterocycles. The van der Waals surface area contributed by atoms with Gasteiger partial charge >= 0.3 is 27.6 Å². The zero-order chi connectivity index (χ0) is 47.4. The van der Waals surface area contributed by atoms with Crippen molar-refractivity contribution in [3.05, 3.63) is 109 Å². The van der Waals surface area contributed by atoms with Gasteiger partial charge < -0.3 is 34.4 Å². The first-order valence-electron chi connectivity index (χ1n) is 22.7. The van der Waals surface area contributed by atoms with Crippen molar-refractivity contribution in [2.45, 2.75) is 154 Å². The van der Waals surface area contributed by atoms with Crippen LogP contribution in [0.4, 0.5) is 0 Å². The summed E-state index contributed by atoms with van der Waals surface area (Å²) in [6, 6.07) is 0. The van der Waals surface area contributed by atoms with Gasteiger partial charge in [-0.15, -0.1) is 0 Å². The molecule has 0 amide bonds. The lowest BCUT2D eigenvalue weighted by Crippen LogP contribution is -2.30. The third-order valence-corrected chi connectivity index (χ3v) is 10.2. The van der Waals surface area contributed by atoms with Crippen molar-refractivity contribution in [1.82, 2.24) is 0 Å². The molecule has 0 saturated heterocycles. The van der Waals surface area contributed by atoms with E-state index in [2.05, 4.69) is 83.7 Å². The van der Waals surface area contributed by atoms with Gasteiger partial charge in [-0.2, -0.15) is 0 Å². The highest BCUT2D eigenvalue weighted by atomic mass is 31.2. The number of unbranched alkanes of at least 4 members (excludes halogenated alkanes) is 6. The topological polar surface area (TPSA) is 216 Å². The first kappa shape index (κ1) is 60.7. The lowest BCUT2D eigenvalue weighted by atomic mass is 10.1. The molecule has 0 bridgehead atoms. The van der Waals surface area contributed by atoms with Crippen LogP contribution in [0.25, 0.3) is 0 Å². The summed E-state index contributed by atoms with van der Waals surface area (Å²) >= 11 is 0. The van der Waals surface area contributed by atoms with Crippen LogP contribution in [0.1, 0.15) is 136 Å². The minimum Gasteiger partial charge on any atom is -0.462 e. The number of aliphatic hydroxyl groups is 2. The molecule has 0 rings (SSSR count). The highest BCUT2D eigenvalue weighted by molar-refractivity contribution is 7.47. The molecule has 0 aromatic rings. The lowest BCUT2D eigenvalue weighted by Gasteiger charge is -2.20. The van der Waals surface area contributed by atoms with E-state index in [0.29, 0.717) is 25.7 Å². The highest BCUT2D eigenvalue weighted by Gasteiger charge is 2.28. The van der Waals surface area contributed by atoms with Crippen molar-refractivity contribution in [1.29, 1.82) is 0 Å². The minimum atomic E-state index is -4.90. The van der Waals surface area contributed by atoms with Crippen molar-refractivity contribution >= 4 is 27.6 Å². The molecule has 0 aromatic carbocycles. The molecule has 0 heterocycles. The van der Waals surface area contributed by atoms with Crippen LogP contribution in [-0.2, 0) is 41.8 Å². The van der Waals surface area contributed by atoms with Gasteiger partial charge in [0, 0.05) is 12.8 Å². The third-order valence-electron chi connectivity index (χ3n) is 8.75. The molecule has 0 fully saturated rings. The van der Waals surface area contributed by atoms with Crippen LogP contribution < -0.4 is 0 Å². The van der Waals surface area contributed by atoms with Gasteiger partial charge in [-0.1, -0.05) is 155 Å². The summed E-state index contributed by atoms with van der Waals surface area (Å²) in [5, 5.41) is 20.0. The first-order valence-corrected chi connectivity index (χ1v) is 25.7. The quantitative estimate of drug-likeness (QED) is 0.0127. The summed E-state index contributed by atoms with van der Waals surface area (Å²) in [6.07, 6.45) is 48.4. The lowest BCUT2D eigenvalue weighted by molar-refractivity contribution is -0.161. The Morgan fingerprint density at radius 3 is 1.64 bits per heavy atom.